The molecule has 0 saturated heterocycles. The van der Waals surface area contributed by atoms with Gasteiger partial charge in [-0.3, -0.25) is 0 Å². The first-order chi connectivity index (χ1) is 3.85. The van der Waals surface area contributed by atoms with Gasteiger partial charge >= 0.3 is 0 Å². The minimum absolute atomic E-state index is 0.222. The summed E-state index contributed by atoms with van der Waals surface area (Å²) >= 11 is 3.25. The van der Waals surface area contributed by atoms with Crippen LogP contribution in [0.25, 0.3) is 0 Å². The summed E-state index contributed by atoms with van der Waals surface area (Å²) in [6.07, 6.45) is 2.12. The zero-order valence-electron chi connectivity index (χ0n) is 5.02. The minimum Gasteiger partial charge on any atom is -0.198 e. The van der Waals surface area contributed by atoms with Crippen LogP contribution in [-0.4, -0.2) is 5.33 Å². The predicted octanol–water partition coefficient (Wildman–Crippen LogP) is 2.32. The van der Waals surface area contributed by atoms with E-state index in [4.69, 9.17) is 5.26 Å². The van der Waals surface area contributed by atoms with E-state index in [9.17, 15) is 0 Å². The fourth-order valence-corrected chi connectivity index (χ4v) is 0.993. The number of alkyl halides is 1. The van der Waals surface area contributed by atoms with E-state index in [1.165, 1.54) is 0 Å². The van der Waals surface area contributed by atoms with Crippen LogP contribution in [0.15, 0.2) is 0 Å². The highest BCUT2D eigenvalue weighted by Gasteiger charge is 2.00. The highest BCUT2D eigenvalue weighted by molar-refractivity contribution is 9.09. The maximum absolute atomic E-state index is 8.38. The van der Waals surface area contributed by atoms with E-state index in [2.05, 4.69) is 28.9 Å². The molecule has 2 heteroatoms. The van der Waals surface area contributed by atoms with Crippen LogP contribution in [0.4, 0.5) is 0 Å². The summed E-state index contributed by atoms with van der Waals surface area (Å²) < 4.78 is 0. The summed E-state index contributed by atoms with van der Waals surface area (Å²) in [5, 5.41) is 9.19. The Labute approximate surface area is 58.8 Å². The molecule has 0 radical (unpaired) electrons. The standard InChI is InChI=1S/C6H10BrN/c1-2-3-6(4-7)5-8/h6H,2-4H2,1H3. The number of hydrogen-bond donors (Lipinski definition) is 0. The topological polar surface area (TPSA) is 23.8 Å². The molecule has 0 aliphatic rings. The molecule has 8 heavy (non-hydrogen) atoms. The maximum atomic E-state index is 8.38. The van der Waals surface area contributed by atoms with Crippen LogP contribution in [-0.2, 0) is 0 Å². The molecule has 1 unspecified atom stereocenters. The van der Waals surface area contributed by atoms with Crippen LogP contribution in [0.2, 0.25) is 0 Å². The molecular weight excluding hydrogens is 166 g/mol. The van der Waals surface area contributed by atoms with E-state index in [1.54, 1.807) is 0 Å². The summed E-state index contributed by atoms with van der Waals surface area (Å²) in [7, 11) is 0. The van der Waals surface area contributed by atoms with Crippen LogP contribution >= 0.6 is 15.9 Å². The summed E-state index contributed by atoms with van der Waals surface area (Å²) in [5.74, 6) is 0.222. The molecule has 0 rings (SSSR count). The first kappa shape index (κ1) is 7.97. The van der Waals surface area contributed by atoms with E-state index in [-0.39, 0.29) is 5.92 Å². The van der Waals surface area contributed by atoms with Gasteiger partial charge < -0.3 is 0 Å². The molecule has 46 valence electrons. The zero-order chi connectivity index (χ0) is 6.41. The van der Waals surface area contributed by atoms with Gasteiger partial charge in [-0.15, -0.1) is 0 Å². The summed E-state index contributed by atoms with van der Waals surface area (Å²) in [5.41, 5.74) is 0. The Balaban J connectivity index is 3.26. The Bertz CT molecular complexity index is 85.0. The highest BCUT2D eigenvalue weighted by Crippen LogP contribution is 2.06. The lowest BCUT2D eigenvalue weighted by Gasteiger charge is -1.98. The monoisotopic (exact) mass is 175 g/mol. The summed E-state index contributed by atoms with van der Waals surface area (Å²) in [6, 6.07) is 2.21. The van der Waals surface area contributed by atoms with Crippen LogP contribution < -0.4 is 0 Å². The van der Waals surface area contributed by atoms with Crippen molar-refractivity contribution in [1.82, 2.24) is 0 Å². The fourth-order valence-electron chi connectivity index (χ4n) is 0.525. The van der Waals surface area contributed by atoms with Gasteiger partial charge in [0.05, 0.1) is 12.0 Å². The highest BCUT2D eigenvalue weighted by atomic mass is 79.9. The van der Waals surface area contributed by atoms with E-state index in [0.29, 0.717) is 0 Å². The van der Waals surface area contributed by atoms with Gasteiger partial charge in [0.25, 0.3) is 0 Å². The minimum atomic E-state index is 0.222. The molecule has 0 amide bonds. The van der Waals surface area contributed by atoms with E-state index in [0.717, 1.165) is 18.2 Å². The van der Waals surface area contributed by atoms with Gasteiger partial charge in [0.2, 0.25) is 0 Å². The largest absolute Gasteiger partial charge is 0.198 e. The average Bonchev–Trinajstić information content (AvgIpc) is 1.83. The molecular formula is C6H10BrN. The lowest BCUT2D eigenvalue weighted by molar-refractivity contribution is 0.658. The predicted molar refractivity (Wildman–Crippen MR) is 37.8 cm³/mol. The molecule has 1 atom stereocenters. The lowest BCUT2D eigenvalue weighted by Crippen LogP contribution is -1.95. The molecule has 0 aromatic rings. The summed E-state index contributed by atoms with van der Waals surface area (Å²) in [4.78, 5) is 0. The molecule has 0 aromatic carbocycles. The molecule has 0 aromatic heterocycles. The Hall–Kier alpha value is -0.0300. The van der Waals surface area contributed by atoms with Crippen molar-refractivity contribution in [3.8, 4) is 6.07 Å². The fraction of sp³-hybridized carbons (Fsp3) is 0.833. The second-order valence-corrected chi connectivity index (χ2v) is 2.42. The molecule has 0 bridgehead atoms. The molecule has 0 saturated carbocycles. The molecule has 0 spiro atoms. The molecule has 1 nitrogen and oxygen atoms in total. The average molecular weight is 176 g/mol. The third kappa shape index (κ3) is 3.04. The van der Waals surface area contributed by atoms with Crippen molar-refractivity contribution in [3.63, 3.8) is 0 Å². The van der Waals surface area contributed by atoms with Crippen molar-refractivity contribution >= 4 is 15.9 Å². The van der Waals surface area contributed by atoms with Crippen LogP contribution in [0.3, 0.4) is 0 Å². The molecule has 0 fully saturated rings. The molecule has 0 aliphatic carbocycles. The van der Waals surface area contributed by atoms with Gasteiger partial charge in [-0.05, 0) is 6.42 Å². The Morgan fingerprint density at radius 3 is 2.50 bits per heavy atom. The Morgan fingerprint density at radius 1 is 1.75 bits per heavy atom. The number of rotatable bonds is 3. The van der Waals surface area contributed by atoms with Gasteiger partial charge in [0.15, 0.2) is 0 Å². The molecule has 0 heterocycles. The number of hydrogen-bond acceptors (Lipinski definition) is 1. The first-order valence-electron chi connectivity index (χ1n) is 2.80. The van der Waals surface area contributed by atoms with Crippen LogP contribution in [0.5, 0.6) is 0 Å². The third-order valence-corrected chi connectivity index (χ3v) is 1.79. The zero-order valence-corrected chi connectivity index (χ0v) is 6.61. The van der Waals surface area contributed by atoms with E-state index in [1.807, 2.05) is 0 Å². The Kier molecular flexibility index (Phi) is 5.09. The van der Waals surface area contributed by atoms with Gasteiger partial charge in [-0.2, -0.15) is 5.26 Å². The van der Waals surface area contributed by atoms with E-state index < -0.39 is 0 Å². The third-order valence-electron chi connectivity index (χ3n) is 1.01. The van der Waals surface area contributed by atoms with Crippen molar-refractivity contribution in [2.75, 3.05) is 5.33 Å². The summed E-state index contributed by atoms with van der Waals surface area (Å²) in [6.45, 7) is 2.09. The van der Waals surface area contributed by atoms with Gasteiger partial charge in [0.1, 0.15) is 0 Å². The van der Waals surface area contributed by atoms with Crippen molar-refractivity contribution in [2.24, 2.45) is 5.92 Å². The first-order valence-corrected chi connectivity index (χ1v) is 3.92. The molecule has 0 aliphatic heterocycles. The smallest absolute Gasteiger partial charge is 0.0664 e. The second kappa shape index (κ2) is 5.11. The van der Waals surface area contributed by atoms with Gasteiger partial charge in [-0.1, -0.05) is 29.3 Å². The lowest BCUT2D eigenvalue weighted by atomic mass is 10.1. The van der Waals surface area contributed by atoms with Crippen molar-refractivity contribution in [3.05, 3.63) is 0 Å². The van der Waals surface area contributed by atoms with Crippen LogP contribution in [0, 0.1) is 17.2 Å². The van der Waals surface area contributed by atoms with Crippen molar-refractivity contribution in [1.29, 1.82) is 5.26 Å². The van der Waals surface area contributed by atoms with Crippen molar-refractivity contribution < 1.29 is 0 Å². The maximum Gasteiger partial charge on any atom is 0.0664 e. The Morgan fingerprint density at radius 2 is 2.38 bits per heavy atom. The van der Waals surface area contributed by atoms with E-state index >= 15 is 0 Å². The number of nitrogens with zero attached hydrogens (tertiary/aromatic N) is 1. The number of halogens is 1. The van der Waals surface area contributed by atoms with Crippen molar-refractivity contribution in [2.45, 2.75) is 19.8 Å². The van der Waals surface area contributed by atoms with Gasteiger partial charge in [0, 0.05) is 5.33 Å². The second-order valence-electron chi connectivity index (χ2n) is 1.77. The van der Waals surface area contributed by atoms with Crippen LogP contribution in [0.1, 0.15) is 19.8 Å². The SMILES string of the molecule is CCCC(C#N)CBr. The normalized spacial score (nSPS) is 12.6. The number of nitriles is 1. The van der Waals surface area contributed by atoms with Gasteiger partial charge in [-0.25, -0.2) is 0 Å². The quantitative estimate of drug-likeness (QED) is 0.605. The molecule has 0 N–H and O–H groups in total.